The first-order valence-corrected chi connectivity index (χ1v) is 5.08. The molecule has 0 bridgehead atoms. The molecule has 0 radical (unpaired) electrons. The van der Waals surface area contributed by atoms with E-state index in [4.69, 9.17) is 16.3 Å². The van der Waals surface area contributed by atoms with Gasteiger partial charge in [0.1, 0.15) is 11.9 Å². The van der Waals surface area contributed by atoms with Crippen molar-refractivity contribution in [3.8, 4) is 5.75 Å². The van der Waals surface area contributed by atoms with Gasteiger partial charge in [0.25, 0.3) is 0 Å². The molecule has 0 saturated heterocycles. The van der Waals surface area contributed by atoms with Crippen LogP contribution in [-0.2, 0) is 5.00 Å². The van der Waals surface area contributed by atoms with Gasteiger partial charge in [0.15, 0.2) is 0 Å². The Kier molecular flexibility index (Phi) is 2.69. The first kappa shape index (κ1) is 11.1. The van der Waals surface area contributed by atoms with Gasteiger partial charge in [0, 0.05) is 5.56 Å². The van der Waals surface area contributed by atoms with Crippen LogP contribution in [0.5, 0.6) is 5.75 Å². The lowest BCUT2D eigenvalue weighted by Crippen LogP contribution is -2.33. The first-order valence-electron chi connectivity index (χ1n) is 4.70. The van der Waals surface area contributed by atoms with E-state index in [2.05, 4.69) is 5.18 Å². The van der Waals surface area contributed by atoms with Gasteiger partial charge in [-0.25, -0.2) is 0 Å². The molecular formula is C11H10ClNO3. The van der Waals surface area contributed by atoms with Crippen LogP contribution in [0.15, 0.2) is 29.5 Å². The molecule has 0 saturated carbocycles. The predicted octanol–water partition coefficient (Wildman–Crippen LogP) is 2.24. The highest BCUT2D eigenvalue weighted by molar-refractivity contribution is 6.25. The number of benzene rings is 1. The topological polar surface area (TPSA) is 58.9 Å². The number of ether oxygens (including phenoxy) is 1. The van der Waals surface area contributed by atoms with Crippen molar-refractivity contribution in [3.63, 3.8) is 0 Å². The van der Waals surface area contributed by atoms with Crippen molar-refractivity contribution in [2.75, 3.05) is 7.11 Å². The molecule has 0 spiro atoms. The molecule has 16 heavy (non-hydrogen) atoms. The Bertz CT molecular complexity index is 461. The Labute approximate surface area is 97.5 Å². The largest absolute Gasteiger partial charge is 0.497 e. The molecule has 1 aromatic rings. The summed E-state index contributed by atoms with van der Waals surface area (Å²) in [4.78, 5) is 9.16. The van der Waals surface area contributed by atoms with Crippen LogP contribution in [0.2, 0.25) is 0 Å². The summed E-state index contributed by atoms with van der Waals surface area (Å²) in [5.41, 5.74) is 1.21. The lowest BCUT2D eigenvalue weighted by atomic mass is 9.90. The number of hydrogen-bond donors (Lipinski definition) is 1. The minimum absolute atomic E-state index is 0.486. The van der Waals surface area contributed by atoms with E-state index >= 15 is 0 Å². The van der Waals surface area contributed by atoms with Crippen molar-refractivity contribution in [2.24, 2.45) is 5.18 Å². The lowest BCUT2D eigenvalue weighted by molar-refractivity contribution is 0.171. The average molecular weight is 240 g/mol. The van der Waals surface area contributed by atoms with Gasteiger partial charge >= 0.3 is 0 Å². The van der Waals surface area contributed by atoms with Gasteiger partial charge in [0.05, 0.1) is 7.11 Å². The molecular weight excluding hydrogens is 230 g/mol. The van der Waals surface area contributed by atoms with Crippen molar-refractivity contribution < 1.29 is 9.84 Å². The first-order chi connectivity index (χ1) is 7.61. The quantitative estimate of drug-likeness (QED) is 0.489. The summed E-state index contributed by atoms with van der Waals surface area (Å²) in [5, 5.41) is 12.5. The standard InChI is InChI=1S/C11H10ClNO3/c1-16-8-3-4-9-7(6-8)2-5-10(14)11(9,12)13-15/h2-6,10,14H,1H3. The van der Waals surface area contributed by atoms with Crippen LogP contribution in [0.25, 0.3) is 6.08 Å². The summed E-state index contributed by atoms with van der Waals surface area (Å²) < 4.78 is 5.06. The van der Waals surface area contributed by atoms with Crippen LogP contribution in [0.3, 0.4) is 0 Å². The second-order valence-electron chi connectivity index (χ2n) is 3.52. The van der Waals surface area contributed by atoms with Crippen LogP contribution in [0, 0.1) is 4.91 Å². The van der Waals surface area contributed by atoms with Crippen molar-refractivity contribution in [1.82, 2.24) is 0 Å². The van der Waals surface area contributed by atoms with Crippen LogP contribution in [0.4, 0.5) is 0 Å². The Morgan fingerprint density at radius 2 is 2.31 bits per heavy atom. The van der Waals surface area contributed by atoms with E-state index < -0.39 is 11.1 Å². The normalized spacial score (nSPS) is 27.3. The van der Waals surface area contributed by atoms with Gasteiger partial charge in [-0.1, -0.05) is 29.8 Å². The van der Waals surface area contributed by atoms with E-state index in [1.165, 1.54) is 6.08 Å². The molecule has 1 aliphatic carbocycles. The van der Waals surface area contributed by atoms with Gasteiger partial charge < -0.3 is 9.84 Å². The summed E-state index contributed by atoms with van der Waals surface area (Å²) >= 11 is 6.01. The monoisotopic (exact) mass is 239 g/mol. The number of aliphatic hydroxyl groups excluding tert-OH is 1. The molecule has 2 unspecified atom stereocenters. The van der Waals surface area contributed by atoms with E-state index in [1.807, 2.05) is 0 Å². The summed E-state index contributed by atoms with van der Waals surface area (Å²) in [6.07, 6.45) is 2.01. The summed E-state index contributed by atoms with van der Waals surface area (Å²) in [5.74, 6) is 0.657. The Hall–Kier alpha value is -1.39. The van der Waals surface area contributed by atoms with Crippen molar-refractivity contribution >= 4 is 17.7 Å². The maximum Gasteiger partial charge on any atom is 0.230 e. The van der Waals surface area contributed by atoms with Gasteiger partial charge in [0.2, 0.25) is 5.00 Å². The van der Waals surface area contributed by atoms with Gasteiger partial charge in [-0.3, -0.25) is 0 Å². The van der Waals surface area contributed by atoms with Crippen LogP contribution in [-0.4, -0.2) is 18.3 Å². The fourth-order valence-electron chi connectivity index (χ4n) is 1.71. The van der Waals surface area contributed by atoms with Crippen LogP contribution in [0.1, 0.15) is 11.1 Å². The molecule has 5 heteroatoms. The van der Waals surface area contributed by atoms with Gasteiger partial charge in [-0.2, -0.15) is 0 Å². The average Bonchev–Trinajstić information content (AvgIpc) is 2.33. The molecule has 0 heterocycles. The number of fused-ring (bicyclic) bond motifs is 1. The Morgan fingerprint density at radius 1 is 1.56 bits per heavy atom. The van der Waals surface area contributed by atoms with Gasteiger partial charge in [-0.15, -0.1) is 4.91 Å². The Morgan fingerprint density at radius 3 is 2.94 bits per heavy atom. The molecule has 0 aromatic heterocycles. The zero-order valence-corrected chi connectivity index (χ0v) is 9.31. The molecule has 1 aromatic carbocycles. The van der Waals surface area contributed by atoms with E-state index in [9.17, 15) is 10.0 Å². The van der Waals surface area contributed by atoms with E-state index in [0.717, 1.165) is 5.56 Å². The van der Waals surface area contributed by atoms with Crippen molar-refractivity contribution in [1.29, 1.82) is 0 Å². The molecule has 0 amide bonds. The number of nitrogens with zero attached hydrogens (tertiary/aromatic N) is 1. The van der Waals surface area contributed by atoms with Crippen LogP contribution < -0.4 is 4.74 Å². The number of nitroso groups, excluding NO2 is 1. The fraction of sp³-hybridized carbons (Fsp3) is 0.273. The number of methoxy groups -OCH3 is 1. The third-order valence-corrected chi connectivity index (χ3v) is 3.12. The molecule has 2 rings (SSSR count). The minimum Gasteiger partial charge on any atom is -0.497 e. The van der Waals surface area contributed by atoms with E-state index in [-0.39, 0.29) is 0 Å². The van der Waals surface area contributed by atoms with Crippen molar-refractivity contribution in [2.45, 2.75) is 11.1 Å². The predicted molar refractivity (Wildman–Crippen MR) is 61.4 cm³/mol. The number of rotatable bonds is 2. The number of hydrogen-bond acceptors (Lipinski definition) is 4. The highest BCUT2D eigenvalue weighted by Crippen LogP contribution is 2.41. The number of aliphatic hydroxyl groups is 1. The maximum atomic E-state index is 10.8. The molecule has 4 nitrogen and oxygen atoms in total. The summed E-state index contributed by atoms with van der Waals surface area (Å²) in [6.45, 7) is 0. The second kappa shape index (κ2) is 3.88. The molecule has 2 atom stereocenters. The third kappa shape index (κ3) is 1.50. The maximum absolute atomic E-state index is 10.8. The fourth-order valence-corrected chi connectivity index (χ4v) is 1.95. The number of halogens is 1. The molecule has 1 N–H and O–H groups in total. The van der Waals surface area contributed by atoms with Gasteiger partial charge in [-0.05, 0) is 22.9 Å². The van der Waals surface area contributed by atoms with E-state index in [0.29, 0.717) is 11.3 Å². The third-order valence-electron chi connectivity index (χ3n) is 2.62. The number of alkyl halides is 1. The summed E-state index contributed by atoms with van der Waals surface area (Å²) in [7, 11) is 1.55. The molecule has 84 valence electrons. The van der Waals surface area contributed by atoms with Crippen molar-refractivity contribution in [3.05, 3.63) is 40.3 Å². The SMILES string of the molecule is COc1ccc2c(c1)C=CC(O)C2(Cl)N=O. The minimum atomic E-state index is -1.64. The zero-order valence-electron chi connectivity index (χ0n) is 8.55. The summed E-state index contributed by atoms with van der Waals surface area (Å²) in [6, 6.07) is 5.04. The highest BCUT2D eigenvalue weighted by Gasteiger charge is 2.42. The van der Waals surface area contributed by atoms with Crippen LogP contribution >= 0.6 is 11.6 Å². The molecule has 0 fully saturated rings. The smallest absolute Gasteiger partial charge is 0.230 e. The van der Waals surface area contributed by atoms with E-state index in [1.54, 1.807) is 31.4 Å². The second-order valence-corrected chi connectivity index (χ2v) is 4.10. The Balaban J connectivity index is 2.59. The molecule has 0 aliphatic heterocycles. The molecule has 1 aliphatic rings. The highest BCUT2D eigenvalue weighted by atomic mass is 35.5. The lowest BCUT2D eigenvalue weighted by Gasteiger charge is -2.28. The zero-order chi connectivity index (χ0) is 11.8.